The van der Waals surface area contributed by atoms with Crippen LogP contribution < -0.4 is 11.5 Å². The van der Waals surface area contributed by atoms with Gasteiger partial charge in [-0.2, -0.15) is 0 Å². The Morgan fingerprint density at radius 1 is 1.30 bits per heavy atom. The van der Waals surface area contributed by atoms with Gasteiger partial charge in [0.2, 0.25) is 0 Å². The average molecular weight is 277 g/mol. The lowest BCUT2D eigenvalue weighted by molar-refractivity contribution is 0.369. The van der Waals surface area contributed by atoms with Gasteiger partial charge in [-0.3, -0.25) is 0 Å². The number of hydrogen-bond acceptors (Lipinski definition) is 3. The van der Waals surface area contributed by atoms with Crippen LogP contribution in [0.1, 0.15) is 33.3 Å². The molecule has 112 valence electrons. The van der Waals surface area contributed by atoms with Gasteiger partial charge in [0.15, 0.2) is 0 Å². The minimum Gasteiger partial charge on any atom is -0.511 e. The number of nitrogens with one attached hydrogen (secondary N) is 1. The SMILES string of the molecule is C=C(O)C(N)Cc1c[nH]c2cccc(N)c12.CC.CC. The monoisotopic (exact) mass is 277 g/mol. The number of H-pyrrole nitrogens is 1. The molecule has 0 amide bonds. The summed E-state index contributed by atoms with van der Waals surface area (Å²) in [6.45, 7) is 11.4. The van der Waals surface area contributed by atoms with Gasteiger partial charge in [-0.25, -0.2) is 0 Å². The minimum atomic E-state index is -0.460. The third-order valence-corrected chi connectivity index (χ3v) is 2.69. The highest BCUT2D eigenvalue weighted by Crippen LogP contribution is 2.25. The highest BCUT2D eigenvalue weighted by atomic mass is 16.3. The molecule has 0 saturated heterocycles. The number of aliphatic hydroxyl groups is 1. The van der Waals surface area contributed by atoms with Gasteiger partial charge in [-0.1, -0.05) is 40.3 Å². The van der Waals surface area contributed by atoms with Crippen molar-refractivity contribution in [1.82, 2.24) is 4.98 Å². The van der Waals surface area contributed by atoms with Crippen molar-refractivity contribution in [2.45, 2.75) is 40.2 Å². The number of benzene rings is 1. The summed E-state index contributed by atoms with van der Waals surface area (Å²) < 4.78 is 0. The van der Waals surface area contributed by atoms with Crippen LogP contribution in [0.15, 0.2) is 36.7 Å². The number of aliphatic hydroxyl groups excluding tert-OH is 1. The summed E-state index contributed by atoms with van der Waals surface area (Å²) in [4.78, 5) is 3.13. The van der Waals surface area contributed by atoms with Gasteiger partial charge in [0, 0.05) is 22.8 Å². The summed E-state index contributed by atoms with van der Waals surface area (Å²) in [7, 11) is 0. The van der Waals surface area contributed by atoms with Gasteiger partial charge in [-0.05, 0) is 24.1 Å². The lowest BCUT2D eigenvalue weighted by Gasteiger charge is -2.09. The van der Waals surface area contributed by atoms with E-state index in [9.17, 15) is 5.11 Å². The molecular formula is C16H27N3O. The zero-order chi connectivity index (χ0) is 15.7. The van der Waals surface area contributed by atoms with Crippen molar-refractivity contribution in [3.05, 3.63) is 42.3 Å². The smallest absolute Gasteiger partial charge is 0.102 e. The molecule has 0 fully saturated rings. The van der Waals surface area contributed by atoms with Gasteiger partial charge < -0.3 is 21.6 Å². The summed E-state index contributed by atoms with van der Waals surface area (Å²) >= 11 is 0. The van der Waals surface area contributed by atoms with Crippen LogP contribution in [-0.2, 0) is 6.42 Å². The van der Waals surface area contributed by atoms with Crippen LogP contribution in [0.2, 0.25) is 0 Å². The van der Waals surface area contributed by atoms with Crippen molar-refractivity contribution in [2.24, 2.45) is 5.73 Å². The minimum absolute atomic E-state index is 0.0103. The number of hydrogen-bond donors (Lipinski definition) is 4. The average Bonchev–Trinajstić information content (AvgIpc) is 2.88. The summed E-state index contributed by atoms with van der Waals surface area (Å²) in [6, 6.07) is 5.23. The molecule has 0 bridgehead atoms. The number of aromatic amines is 1. The van der Waals surface area contributed by atoms with Crippen LogP contribution in [0, 0.1) is 0 Å². The first kappa shape index (κ1) is 18.1. The molecule has 4 nitrogen and oxygen atoms in total. The molecule has 0 aliphatic heterocycles. The predicted octanol–water partition coefficient (Wildman–Crippen LogP) is 3.74. The van der Waals surface area contributed by atoms with E-state index < -0.39 is 6.04 Å². The van der Waals surface area contributed by atoms with Gasteiger partial charge in [0.25, 0.3) is 0 Å². The van der Waals surface area contributed by atoms with Gasteiger partial charge in [0.05, 0.1) is 6.04 Å². The van der Waals surface area contributed by atoms with Crippen molar-refractivity contribution in [2.75, 3.05) is 5.73 Å². The molecule has 1 aromatic carbocycles. The highest BCUT2D eigenvalue weighted by Gasteiger charge is 2.12. The van der Waals surface area contributed by atoms with E-state index in [0.717, 1.165) is 16.5 Å². The molecule has 20 heavy (non-hydrogen) atoms. The maximum absolute atomic E-state index is 9.20. The fourth-order valence-corrected chi connectivity index (χ4v) is 1.80. The second kappa shape index (κ2) is 9.04. The molecule has 1 heterocycles. The Labute approximate surface area is 121 Å². The fraction of sp³-hybridized carbons (Fsp3) is 0.375. The van der Waals surface area contributed by atoms with E-state index in [-0.39, 0.29) is 5.76 Å². The number of aromatic nitrogens is 1. The molecule has 0 saturated carbocycles. The number of nitrogens with two attached hydrogens (primary N) is 2. The summed E-state index contributed by atoms with van der Waals surface area (Å²) in [5.41, 5.74) is 14.3. The molecule has 0 aliphatic rings. The van der Waals surface area contributed by atoms with Crippen LogP contribution >= 0.6 is 0 Å². The third kappa shape index (κ3) is 4.31. The second-order valence-corrected chi connectivity index (χ2v) is 3.89. The van der Waals surface area contributed by atoms with Gasteiger partial charge in [0.1, 0.15) is 5.76 Å². The number of nitrogen functional groups attached to an aromatic ring is 1. The van der Waals surface area contributed by atoms with Crippen molar-refractivity contribution < 1.29 is 5.11 Å². The van der Waals surface area contributed by atoms with E-state index in [0.29, 0.717) is 12.1 Å². The van der Waals surface area contributed by atoms with Gasteiger partial charge >= 0.3 is 0 Å². The molecule has 1 unspecified atom stereocenters. The van der Waals surface area contributed by atoms with Crippen LogP contribution in [0.3, 0.4) is 0 Å². The molecule has 2 aromatic rings. The highest BCUT2D eigenvalue weighted by molar-refractivity contribution is 5.93. The van der Waals surface area contributed by atoms with E-state index in [1.54, 1.807) is 0 Å². The molecule has 4 heteroatoms. The Bertz CT molecular complexity index is 532. The maximum atomic E-state index is 9.20. The quantitative estimate of drug-likeness (QED) is 0.509. The number of fused-ring (bicyclic) bond motifs is 1. The first-order valence-corrected chi connectivity index (χ1v) is 7.07. The van der Waals surface area contributed by atoms with Gasteiger partial charge in [-0.15, -0.1) is 0 Å². The Morgan fingerprint density at radius 3 is 2.45 bits per heavy atom. The van der Waals surface area contributed by atoms with Crippen molar-refractivity contribution >= 4 is 16.6 Å². The first-order valence-electron chi connectivity index (χ1n) is 7.07. The third-order valence-electron chi connectivity index (χ3n) is 2.69. The number of anilines is 1. The summed E-state index contributed by atoms with van der Waals surface area (Å²) in [6.07, 6.45) is 2.38. The van der Waals surface area contributed by atoms with Crippen molar-refractivity contribution in [3.63, 3.8) is 0 Å². The topological polar surface area (TPSA) is 88.1 Å². The molecule has 0 aliphatic carbocycles. The lowest BCUT2D eigenvalue weighted by Crippen LogP contribution is -2.24. The molecule has 2 rings (SSSR count). The normalized spacial score (nSPS) is 10.8. The second-order valence-electron chi connectivity index (χ2n) is 3.89. The lowest BCUT2D eigenvalue weighted by atomic mass is 10.0. The van der Waals surface area contributed by atoms with Crippen molar-refractivity contribution in [1.29, 1.82) is 0 Å². The Hall–Kier alpha value is -1.94. The Morgan fingerprint density at radius 2 is 1.90 bits per heavy atom. The summed E-state index contributed by atoms with van der Waals surface area (Å²) in [5, 5.41) is 10.2. The van der Waals surface area contributed by atoms with E-state index in [2.05, 4.69) is 11.6 Å². The summed E-state index contributed by atoms with van der Waals surface area (Å²) in [5.74, 6) is -0.0103. The van der Waals surface area contributed by atoms with Crippen LogP contribution in [-0.4, -0.2) is 16.1 Å². The maximum Gasteiger partial charge on any atom is 0.102 e. The molecular weight excluding hydrogens is 250 g/mol. The first-order chi connectivity index (χ1) is 9.59. The van der Waals surface area contributed by atoms with E-state index in [4.69, 9.17) is 11.5 Å². The van der Waals surface area contributed by atoms with Crippen LogP contribution in [0.4, 0.5) is 5.69 Å². The van der Waals surface area contributed by atoms with Crippen LogP contribution in [0.5, 0.6) is 0 Å². The fourth-order valence-electron chi connectivity index (χ4n) is 1.80. The molecule has 6 N–H and O–H groups in total. The Kier molecular flexibility index (Phi) is 8.16. The van der Waals surface area contributed by atoms with Crippen LogP contribution in [0.25, 0.3) is 10.9 Å². The molecule has 1 aromatic heterocycles. The Balaban J connectivity index is 0.000000829. The molecule has 0 radical (unpaired) electrons. The molecule has 0 spiro atoms. The zero-order valence-electron chi connectivity index (χ0n) is 12.9. The van der Waals surface area contributed by atoms with E-state index >= 15 is 0 Å². The predicted molar refractivity (Wildman–Crippen MR) is 88.9 cm³/mol. The zero-order valence-corrected chi connectivity index (χ0v) is 12.9. The van der Waals surface area contributed by atoms with E-state index in [1.807, 2.05) is 52.1 Å². The standard InChI is InChI=1S/C12H15N3O.2C2H6/c1-7(16)10(14)5-8-6-15-11-4-2-3-9(13)12(8)11;2*1-2/h2-4,6,10,15-16H,1,5,13-14H2;2*1-2H3. The van der Waals surface area contributed by atoms with Crippen molar-refractivity contribution in [3.8, 4) is 0 Å². The van der Waals surface area contributed by atoms with E-state index in [1.165, 1.54) is 0 Å². The molecule has 1 atom stereocenters. The number of rotatable bonds is 3. The largest absolute Gasteiger partial charge is 0.511 e.